The molecule has 0 spiro atoms. The van der Waals surface area contributed by atoms with Gasteiger partial charge in [0.2, 0.25) is 5.91 Å². The topological polar surface area (TPSA) is 75.6 Å². The van der Waals surface area contributed by atoms with Crippen LogP contribution in [-0.2, 0) is 14.3 Å². The summed E-state index contributed by atoms with van der Waals surface area (Å²) in [5.74, 6) is -1.24. The van der Waals surface area contributed by atoms with Crippen LogP contribution in [0.1, 0.15) is 33.6 Å². The summed E-state index contributed by atoms with van der Waals surface area (Å²) in [4.78, 5) is 23.7. The first kappa shape index (κ1) is 16.0. The van der Waals surface area contributed by atoms with Crippen LogP contribution in [0.15, 0.2) is 0 Å². The summed E-state index contributed by atoms with van der Waals surface area (Å²) in [7, 11) is 1.53. The van der Waals surface area contributed by atoms with Crippen molar-refractivity contribution < 1.29 is 19.4 Å². The van der Waals surface area contributed by atoms with Crippen LogP contribution in [-0.4, -0.2) is 36.7 Å². The van der Waals surface area contributed by atoms with Crippen molar-refractivity contribution in [2.45, 2.75) is 39.7 Å². The molecule has 0 radical (unpaired) electrons. The monoisotopic (exact) mass is 270 g/mol. The minimum atomic E-state index is -0.861. The first-order chi connectivity index (χ1) is 8.66. The van der Waals surface area contributed by atoms with Gasteiger partial charge in [-0.25, -0.2) is 0 Å². The number of carboxylic acids is 1. The van der Waals surface area contributed by atoms with Crippen molar-refractivity contribution >= 4 is 11.9 Å². The number of carbonyl (C=O) groups excluding carboxylic acids is 1. The van der Waals surface area contributed by atoms with E-state index in [1.54, 1.807) is 6.92 Å². The van der Waals surface area contributed by atoms with E-state index in [2.05, 4.69) is 12.2 Å². The van der Waals surface area contributed by atoms with Crippen LogP contribution >= 0.6 is 0 Å². The summed E-state index contributed by atoms with van der Waals surface area (Å²) < 4.78 is 4.97. The zero-order valence-electron chi connectivity index (χ0n) is 12.2. The zero-order valence-corrected chi connectivity index (χ0v) is 12.2. The quantitative estimate of drug-likeness (QED) is 0.742. The van der Waals surface area contributed by atoms with Gasteiger partial charge in [-0.1, -0.05) is 13.8 Å². The van der Waals surface area contributed by atoms with Crippen molar-refractivity contribution in [1.29, 1.82) is 0 Å². The van der Waals surface area contributed by atoms with Crippen LogP contribution < -0.4 is 5.32 Å². The number of carboxylic acid groups (broad SMARTS) is 1. The molecule has 5 heteroatoms. The second-order valence-electron chi connectivity index (χ2n) is 6.05. The van der Waals surface area contributed by atoms with E-state index in [0.29, 0.717) is 19.4 Å². The summed E-state index contributed by atoms with van der Waals surface area (Å²) in [6, 6.07) is 0. The van der Waals surface area contributed by atoms with Gasteiger partial charge in [0.25, 0.3) is 0 Å². The van der Waals surface area contributed by atoms with E-state index >= 15 is 0 Å². The number of ether oxygens (including phenoxy) is 1. The number of rotatable bonds is 5. The molecule has 0 heterocycles. The smallest absolute Gasteiger partial charge is 0.309 e. The third kappa shape index (κ3) is 2.76. The van der Waals surface area contributed by atoms with Gasteiger partial charge in [0.15, 0.2) is 0 Å². The normalized spacial score (nSPS) is 30.9. The minimum Gasteiger partial charge on any atom is -0.481 e. The highest BCUT2D eigenvalue weighted by Gasteiger charge is 2.58. The van der Waals surface area contributed by atoms with Gasteiger partial charge in [-0.05, 0) is 31.3 Å². The molecule has 0 saturated heterocycles. The van der Waals surface area contributed by atoms with Gasteiger partial charge in [0.05, 0.1) is 5.41 Å². The Balaban J connectivity index is 2.76. The predicted octanol–water partition coefficient (Wildman–Crippen LogP) is 1.48. The van der Waals surface area contributed by atoms with Gasteiger partial charge in [0.1, 0.15) is 0 Å². The molecule has 1 rings (SSSR count). The van der Waals surface area contributed by atoms with Gasteiger partial charge in [0, 0.05) is 19.6 Å². The molecule has 1 aliphatic rings. The lowest BCUT2D eigenvalue weighted by Gasteiger charge is -2.38. The highest BCUT2D eigenvalue weighted by molar-refractivity contribution is 5.83. The molecule has 19 heavy (non-hydrogen) atoms. The molecule has 110 valence electrons. The maximum atomic E-state index is 12.2. The Morgan fingerprint density at radius 3 is 2.47 bits per heavy atom. The lowest BCUT2D eigenvalue weighted by molar-refractivity contribution is -0.155. The number of aliphatic carboxylic acids is 1. The van der Waals surface area contributed by atoms with Crippen LogP contribution in [0.2, 0.25) is 0 Å². The van der Waals surface area contributed by atoms with Gasteiger partial charge >= 0.3 is 5.97 Å². The molecule has 1 aliphatic carbocycles. The molecule has 1 saturated carbocycles. The van der Waals surface area contributed by atoms with Crippen molar-refractivity contribution in [3.8, 4) is 0 Å². The second-order valence-corrected chi connectivity index (χ2v) is 6.05. The molecular weight excluding hydrogens is 246 g/mol. The van der Waals surface area contributed by atoms with Crippen LogP contribution in [0.25, 0.3) is 0 Å². The Morgan fingerprint density at radius 1 is 1.47 bits per heavy atom. The highest BCUT2D eigenvalue weighted by Crippen LogP contribution is 2.56. The fourth-order valence-corrected chi connectivity index (χ4v) is 2.76. The molecule has 0 unspecified atom stereocenters. The maximum absolute atomic E-state index is 12.2. The van der Waals surface area contributed by atoms with Crippen LogP contribution in [0, 0.1) is 23.7 Å². The number of hydrogen-bond acceptors (Lipinski definition) is 3. The number of carbonyl (C=O) groups is 2. The summed E-state index contributed by atoms with van der Waals surface area (Å²) in [6.45, 7) is 9.50. The van der Waals surface area contributed by atoms with E-state index in [1.165, 1.54) is 7.11 Å². The number of amides is 1. The summed E-state index contributed by atoms with van der Waals surface area (Å²) in [6.07, 6.45) is 0.821. The lowest BCUT2D eigenvalue weighted by Crippen LogP contribution is -2.46. The number of methoxy groups -OCH3 is 1. The first-order valence-corrected chi connectivity index (χ1v) is 6.54. The fraction of sp³-hybridized carbons (Fsp3) is 0.786. The molecule has 1 fully saturated rings. The average Bonchev–Trinajstić information content (AvgIpc) is 2.58. The Hall–Kier alpha value is -1.10. The minimum absolute atomic E-state index is 0.110. The van der Waals surface area contributed by atoms with E-state index in [0.717, 1.165) is 0 Å². The Morgan fingerprint density at radius 2 is 2.05 bits per heavy atom. The van der Waals surface area contributed by atoms with E-state index < -0.39 is 16.8 Å². The number of hydrogen-bond donors (Lipinski definition) is 2. The SMILES string of the molecule is [CH2-][C@H](CNC(=O)[C@@H]1CC[C@](C)(C(=O)O)C1(C)C)OC. The van der Waals surface area contributed by atoms with E-state index in [1.807, 2.05) is 13.8 Å². The van der Waals surface area contributed by atoms with Crippen molar-refractivity contribution in [2.75, 3.05) is 13.7 Å². The second kappa shape index (κ2) is 5.49. The molecule has 0 aromatic heterocycles. The Labute approximate surface area is 114 Å². The Bertz CT molecular complexity index is 366. The average molecular weight is 270 g/mol. The third-order valence-corrected chi connectivity index (χ3v) is 4.85. The largest absolute Gasteiger partial charge is 0.481 e. The van der Waals surface area contributed by atoms with E-state index in [-0.39, 0.29) is 17.9 Å². The molecule has 0 aromatic carbocycles. The molecular formula is C14H24NO4-. The summed E-state index contributed by atoms with van der Waals surface area (Å²) in [5, 5.41) is 12.2. The third-order valence-electron chi connectivity index (χ3n) is 4.85. The summed E-state index contributed by atoms with van der Waals surface area (Å²) >= 11 is 0. The molecule has 0 bridgehead atoms. The standard InChI is InChI=1S/C14H24NO4/c1-9(19-5)8-15-11(16)10-6-7-14(4,12(17)18)13(10,2)3/h9-10H,1,6-8H2,2-5H3,(H,15,16)(H,17,18)/q-1/t9-,10+,14-/m1/s1. The van der Waals surface area contributed by atoms with Crippen molar-refractivity contribution in [1.82, 2.24) is 5.32 Å². The molecule has 1 amide bonds. The van der Waals surface area contributed by atoms with E-state index in [4.69, 9.17) is 4.74 Å². The zero-order chi connectivity index (χ0) is 14.8. The molecule has 0 aromatic rings. The first-order valence-electron chi connectivity index (χ1n) is 6.54. The van der Waals surface area contributed by atoms with Gasteiger partial charge in [-0.15, -0.1) is 0 Å². The Kier molecular flexibility index (Phi) is 4.61. The van der Waals surface area contributed by atoms with E-state index in [9.17, 15) is 14.7 Å². The summed E-state index contributed by atoms with van der Waals surface area (Å²) in [5.41, 5.74) is -1.44. The highest BCUT2D eigenvalue weighted by atomic mass is 16.5. The predicted molar refractivity (Wildman–Crippen MR) is 71.4 cm³/mol. The molecule has 5 nitrogen and oxygen atoms in total. The molecule has 2 N–H and O–H groups in total. The van der Waals surface area contributed by atoms with Gasteiger partial charge < -0.3 is 22.1 Å². The van der Waals surface area contributed by atoms with Crippen LogP contribution in [0.5, 0.6) is 0 Å². The van der Waals surface area contributed by atoms with Gasteiger partial charge in [-0.2, -0.15) is 0 Å². The fourth-order valence-electron chi connectivity index (χ4n) is 2.76. The molecule has 3 atom stereocenters. The van der Waals surface area contributed by atoms with Crippen molar-refractivity contribution in [2.24, 2.45) is 16.7 Å². The maximum Gasteiger partial charge on any atom is 0.309 e. The number of nitrogens with one attached hydrogen (secondary N) is 1. The van der Waals surface area contributed by atoms with Crippen molar-refractivity contribution in [3.63, 3.8) is 0 Å². The lowest BCUT2D eigenvalue weighted by atomic mass is 9.65. The van der Waals surface area contributed by atoms with Crippen LogP contribution in [0.3, 0.4) is 0 Å². The van der Waals surface area contributed by atoms with Gasteiger partial charge in [-0.3, -0.25) is 9.59 Å². The van der Waals surface area contributed by atoms with Crippen molar-refractivity contribution in [3.05, 3.63) is 6.92 Å². The van der Waals surface area contributed by atoms with Crippen LogP contribution in [0.4, 0.5) is 0 Å². The molecule has 0 aliphatic heterocycles.